The molecule has 106 valence electrons. The Kier molecular flexibility index (Phi) is 4.92. The summed E-state index contributed by atoms with van der Waals surface area (Å²) in [5.41, 5.74) is 2.91. The fraction of sp³-hybridized carbons (Fsp3) is 0.412. The normalized spacial score (nSPS) is 16.5. The lowest BCUT2D eigenvalue weighted by molar-refractivity contribution is 0.244. The Morgan fingerprint density at radius 1 is 1.20 bits per heavy atom. The molecule has 1 unspecified atom stereocenters. The van der Waals surface area contributed by atoms with Gasteiger partial charge in [0.2, 0.25) is 0 Å². The number of hydrogen-bond acceptors (Lipinski definition) is 2. The van der Waals surface area contributed by atoms with E-state index < -0.39 is 0 Å². The van der Waals surface area contributed by atoms with Gasteiger partial charge in [-0.1, -0.05) is 46.3 Å². The summed E-state index contributed by atoms with van der Waals surface area (Å²) in [5.74, 6) is 0.579. The highest BCUT2D eigenvalue weighted by molar-refractivity contribution is 9.09. The molecule has 0 spiro atoms. The minimum atomic E-state index is 0.579. The molecular weight excluding hydrogens is 330 g/mol. The van der Waals surface area contributed by atoms with E-state index in [0.717, 1.165) is 24.5 Å². The zero-order valence-corrected chi connectivity index (χ0v) is 13.9. The molecule has 0 amide bonds. The van der Waals surface area contributed by atoms with Crippen LogP contribution in [0.3, 0.4) is 0 Å². The minimum absolute atomic E-state index is 0.579. The first kappa shape index (κ1) is 14.3. The first-order chi connectivity index (χ1) is 9.86. The van der Waals surface area contributed by atoms with Gasteiger partial charge in [0.05, 0.1) is 0 Å². The molecule has 0 N–H and O–H groups in total. The van der Waals surface area contributed by atoms with Gasteiger partial charge in [-0.15, -0.1) is 0 Å². The van der Waals surface area contributed by atoms with Crippen LogP contribution in [0.1, 0.15) is 29.9 Å². The first-order valence-corrected chi connectivity index (χ1v) is 9.29. The fourth-order valence-corrected chi connectivity index (χ4v) is 3.89. The summed E-state index contributed by atoms with van der Waals surface area (Å²) in [6.45, 7) is 2.25. The van der Waals surface area contributed by atoms with Crippen LogP contribution in [0.25, 0.3) is 0 Å². The van der Waals surface area contributed by atoms with E-state index in [0.29, 0.717) is 5.92 Å². The summed E-state index contributed by atoms with van der Waals surface area (Å²) in [7, 11) is 0. The molecule has 1 aliphatic rings. The van der Waals surface area contributed by atoms with Crippen molar-refractivity contribution in [3.63, 3.8) is 0 Å². The Bertz CT molecular complexity index is 507. The molecule has 0 aliphatic heterocycles. The Morgan fingerprint density at radius 2 is 2.00 bits per heavy atom. The summed E-state index contributed by atoms with van der Waals surface area (Å²) < 4.78 is 0. The van der Waals surface area contributed by atoms with Crippen molar-refractivity contribution in [1.29, 1.82) is 0 Å². The quantitative estimate of drug-likeness (QED) is 0.643. The standard InChI is InChI=1S/C17H20BrNS/c18-10-16(15-4-2-1-3-5-15)12-19(17-6-7-17)11-14-8-9-20-13-14/h1-5,8-9,13,16-17H,6-7,10-12H2. The fourth-order valence-electron chi connectivity index (χ4n) is 2.65. The second-order valence-corrected chi connectivity index (χ2v) is 6.98. The Morgan fingerprint density at radius 3 is 2.60 bits per heavy atom. The van der Waals surface area contributed by atoms with Crippen molar-refractivity contribution in [1.82, 2.24) is 4.90 Å². The van der Waals surface area contributed by atoms with Gasteiger partial charge in [-0.05, 0) is 40.8 Å². The molecule has 1 fully saturated rings. The molecule has 1 atom stereocenters. The van der Waals surface area contributed by atoms with Gasteiger partial charge in [0.1, 0.15) is 0 Å². The van der Waals surface area contributed by atoms with Crippen molar-refractivity contribution in [2.75, 3.05) is 11.9 Å². The largest absolute Gasteiger partial charge is 0.295 e. The number of thiophene rings is 1. The lowest BCUT2D eigenvalue weighted by atomic mass is 10.0. The maximum Gasteiger partial charge on any atom is 0.0245 e. The number of halogens is 1. The van der Waals surface area contributed by atoms with E-state index in [1.165, 1.54) is 24.0 Å². The van der Waals surface area contributed by atoms with E-state index in [1.807, 2.05) is 0 Å². The van der Waals surface area contributed by atoms with E-state index in [2.05, 4.69) is 68.0 Å². The van der Waals surface area contributed by atoms with Crippen LogP contribution in [0.15, 0.2) is 47.2 Å². The summed E-state index contributed by atoms with van der Waals surface area (Å²) in [5, 5.41) is 5.49. The van der Waals surface area contributed by atoms with Crippen LogP contribution in [0.2, 0.25) is 0 Å². The second-order valence-electron chi connectivity index (χ2n) is 5.55. The third kappa shape index (κ3) is 3.72. The summed E-state index contributed by atoms with van der Waals surface area (Å²) in [6, 6.07) is 13.9. The van der Waals surface area contributed by atoms with Gasteiger partial charge in [-0.3, -0.25) is 4.90 Å². The van der Waals surface area contributed by atoms with Crippen molar-refractivity contribution in [2.24, 2.45) is 0 Å². The third-order valence-electron chi connectivity index (χ3n) is 3.94. The molecule has 20 heavy (non-hydrogen) atoms. The lowest BCUT2D eigenvalue weighted by Gasteiger charge is -2.26. The molecule has 2 aromatic rings. The molecule has 1 heterocycles. The zero-order chi connectivity index (χ0) is 13.8. The molecule has 1 nitrogen and oxygen atoms in total. The number of hydrogen-bond donors (Lipinski definition) is 0. The number of benzene rings is 1. The molecular formula is C17H20BrNS. The third-order valence-corrected chi connectivity index (χ3v) is 5.45. The van der Waals surface area contributed by atoms with Gasteiger partial charge in [0.25, 0.3) is 0 Å². The molecule has 1 saturated carbocycles. The molecule has 1 aromatic carbocycles. The van der Waals surface area contributed by atoms with Gasteiger partial charge >= 0.3 is 0 Å². The van der Waals surface area contributed by atoms with E-state index in [1.54, 1.807) is 11.3 Å². The molecule has 0 saturated heterocycles. The summed E-state index contributed by atoms with van der Waals surface area (Å²) in [6.07, 6.45) is 2.74. The van der Waals surface area contributed by atoms with Gasteiger partial charge in [0.15, 0.2) is 0 Å². The summed E-state index contributed by atoms with van der Waals surface area (Å²) in [4.78, 5) is 2.67. The predicted octanol–water partition coefficient (Wildman–Crippen LogP) is 4.89. The van der Waals surface area contributed by atoms with Crippen LogP contribution in [0.5, 0.6) is 0 Å². The molecule has 3 rings (SSSR count). The Labute approximate surface area is 133 Å². The van der Waals surface area contributed by atoms with Gasteiger partial charge in [-0.25, -0.2) is 0 Å². The van der Waals surface area contributed by atoms with E-state index in [-0.39, 0.29) is 0 Å². The lowest BCUT2D eigenvalue weighted by Crippen LogP contribution is -2.30. The minimum Gasteiger partial charge on any atom is -0.295 e. The van der Waals surface area contributed by atoms with Crippen LogP contribution < -0.4 is 0 Å². The van der Waals surface area contributed by atoms with Gasteiger partial charge < -0.3 is 0 Å². The highest BCUT2D eigenvalue weighted by Crippen LogP contribution is 2.31. The highest BCUT2D eigenvalue weighted by atomic mass is 79.9. The number of nitrogens with zero attached hydrogens (tertiary/aromatic N) is 1. The van der Waals surface area contributed by atoms with E-state index in [9.17, 15) is 0 Å². The molecule has 3 heteroatoms. The molecule has 0 bridgehead atoms. The monoisotopic (exact) mass is 349 g/mol. The van der Waals surface area contributed by atoms with Crippen molar-refractivity contribution < 1.29 is 0 Å². The van der Waals surface area contributed by atoms with Gasteiger partial charge in [0, 0.05) is 30.4 Å². The molecule has 1 aromatic heterocycles. The summed E-state index contributed by atoms with van der Waals surface area (Å²) >= 11 is 5.50. The van der Waals surface area contributed by atoms with Crippen molar-refractivity contribution >= 4 is 27.3 Å². The van der Waals surface area contributed by atoms with Crippen LogP contribution in [0.4, 0.5) is 0 Å². The van der Waals surface area contributed by atoms with Crippen molar-refractivity contribution in [3.8, 4) is 0 Å². The van der Waals surface area contributed by atoms with Crippen molar-refractivity contribution in [3.05, 3.63) is 58.3 Å². The number of rotatable bonds is 7. The highest BCUT2D eigenvalue weighted by Gasteiger charge is 2.30. The maximum absolute atomic E-state index is 3.70. The number of alkyl halides is 1. The first-order valence-electron chi connectivity index (χ1n) is 7.23. The molecule has 0 radical (unpaired) electrons. The second kappa shape index (κ2) is 6.88. The van der Waals surface area contributed by atoms with Gasteiger partial charge in [-0.2, -0.15) is 11.3 Å². The Balaban J connectivity index is 1.68. The smallest absolute Gasteiger partial charge is 0.0245 e. The average Bonchev–Trinajstić information content (AvgIpc) is 3.22. The Hall–Kier alpha value is -0.640. The van der Waals surface area contributed by atoms with Crippen molar-refractivity contribution in [2.45, 2.75) is 31.3 Å². The average molecular weight is 350 g/mol. The maximum atomic E-state index is 3.70. The van der Waals surface area contributed by atoms with E-state index in [4.69, 9.17) is 0 Å². The topological polar surface area (TPSA) is 3.24 Å². The SMILES string of the molecule is BrCC(CN(Cc1ccsc1)C1CC1)c1ccccc1. The predicted molar refractivity (Wildman–Crippen MR) is 90.7 cm³/mol. The van der Waals surface area contributed by atoms with Crippen LogP contribution in [-0.4, -0.2) is 22.8 Å². The van der Waals surface area contributed by atoms with Crippen LogP contribution >= 0.6 is 27.3 Å². The van der Waals surface area contributed by atoms with Crippen LogP contribution in [0, 0.1) is 0 Å². The zero-order valence-electron chi connectivity index (χ0n) is 11.5. The van der Waals surface area contributed by atoms with E-state index >= 15 is 0 Å². The molecule has 1 aliphatic carbocycles. The van der Waals surface area contributed by atoms with Crippen LogP contribution in [-0.2, 0) is 6.54 Å².